The SMILES string of the molecule is Cc1c(F)c(N2CCNC(C)C2)c(Cl)c2c1c(=O)c(C(=O)O)cn2C1CC1. The third-order valence-electron chi connectivity index (χ3n) is 5.42. The molecule has 1 unspecified atom stereocenters. The summed E-state index contributed by atoms with van der Waals surface area (Å²) in [7, 11) is 0. The number of carboxylic acid groups (broad SMARTS) is 1. The standard InChI is InChI=1S/C19H21ClFN3O3/c1-9-7-23(6-5-22-9)17-14(20)16-13(10(2)15(17)21)18(25)12(19(26)27)8-24(16)11-3-4-11/h8-9,11,22H,3-7H2,1-2H3,(H,26,27). The third-order valence-corrected chi connectivity index (χ3v) is 5.78. The summed E-state index contributed by atoms with van der Waals surface area (Å²) in [6, 6.07) is 0.272. The van der Waals surface area contributed by atoms with Crippen molar-refractivity contribution >= 4 is 34.2 Å². The largest absolute Gasteiger partial charge is 0.477 e. The van der Waals surface area contributed by atoms with Gasteiger partial charge in [-0.2, -0.15) is 0 Å². The molecule has 4 rings (SSSR count). The topological polar surface area (TPSA) is 74.6 Å². The Morgan fingerprint density at radius 2 is 2.11 bits per heavy atom. The van der Waals surface area contributed by atoms with E-state index in [0.717, 1.165) is 12.8 Å². The molecular weight excluding hydrogens is 373 g/mol. The van der Waals surface area contributed by atoms with E-state index in [-0.39, 0.29) is 33.6 Å². The van der Waals surface area contributed by atoms with Crippen molar-refractivity contribution in [1.29, 1.82) is 0 Å². The van der Waals surface area contributed by atoms with E-state index in [1.165, 1.54) is 13.1 Å². The van der Waals surface area contributed by atoms with E-state index in [9.17, 15) is 14.7 Å². The van der Waals surface area contributed by atoms with Gasteiger partial charge < -0.3 is 19.9 Å². The number of anilines is 1. The zero-order valence-electron chi connectivity index (χ0n) is 15.2. The Kier molecular flexibility index (Phi) is 4.39. The average molecular weight is 394 g/mol. The highest BCUT2D eigenvalue weighted by molar-refractivity contribution is 6.38. The summed E-state index contributed by atoms with van der Waals surface area (Å²) in [5, 5.41) is 13.0. The molecule has 0 bridgehead atoms. The molecule has 1 saturated carbocycles. The summed E-state index contributed by atoms with van der Waals surface area (Å²) >= 11 is 6.67. The molecule has 6 nitrogen and oxygen atoms in total. The molecule has 2 N–H and O–H groups in total. The summed E-state index contributed by atoms with van der Waals surface area (Å²) in [5.74, 6) is -1.86. The number of carboxylic acids is 1. The first-order valence-corrected chi connectivity index (χ1v) is 9.47. The predicted molar refractivity (Wildman–Crippen MR) is 103 cm³/mol. The van der Waals surface area contributed by atoms with Crippen LogP contribution >= 0.6 is 11.6 Å². The van der Waals surface area contributed by atoms with Crippen LogP contribution in [0.3, 0.4) is 0 Å². The fourth-order valence-electron chi connectivity index (χ4n) is 3.91. The van der Waals surface area contributed by atoms with Crippen LogP contribution in [0, 0.1) is 12.7 Å². The molecule has 0 spiro atoms. The molecule has 27 heavy (non-hydrogen) atoms. The van der Waals surface area contributed by atoms with Crippen LogP contribution in [-0.4, -0.2) is 41.3 Å². The van der Waals surface area contributed by atoms with E-state index in [1.807, 2.05) is 11.8 Å². The lowest BCUT2D eigenvalue weighted by Gasteiger charge is -2.35. The fourth-order valence-corrected chi connectivity index (χ4v) is 4.30. The number of benzene rings is 1. The van der Waals surface area contributed by atoms with E-state index in [2.05, 4.69) is 5.32 Å². The van der Waals surface area contributed by atoms with Crippen molar-refractivity contribution in [3.8, 4) is 0 Å². The Balaban J connectivity index is 2.06. The molecule has 2 fully saturated rings. The van der Waals surface area contributed by atoms with Crippen molar-refractivity contribution in [2.45, 2.75) is 38.8 Å². The quantitative estimate of drug-likeness (QED) is 0.838. The van der Waals surface area contributed by atoms with Crippen molar-refractivity contribution in [3.05, 3.63) is 38.4 Å². The van der Waals surface area contributed by atoms with Gasteiger partial charge in [0.05, 0.1) is 21.6 Å². The van der Waals surface area contributed by atoms with Crippen LogP contribution in [0.2, 0.25) is 5.02 Å². The fraction of sp³-hybridized carbons (Fsp3) is 0.474. The highest BCUT2D eigenvalue weighted by Gasteiger charge is 2.32. The van der Waals surface area contributed by atoms with Crippen molar-refractivity contribution in [3.63, 3.8) is 0 Å². The highest BCUT2D eigenvalue weighted by Crippen LogP contribution is 2.43. The lowest BCUT2D eigenvalue weighted by molar-refractivity contribution is 0.0695. The third kappa shape index (κ3) is 2.89. The Hall–Kier alpha value is -2.12. The van der Waals surface area contributed by atoms with Gasteiger partial charge in [0.1, 0.15) is 5.56 Å². The molecule has 1 aromatic carbocycles. The Morgan fingerprint density at radius 1 is 1.41 bits per heavy atom. The zero-order valence-corrected chi connectivity index (χ0v) is 15.9. The van der Waals surface area contributed by atoms with Gasteiger partial charge in [0.2, 0.25) is 5.43 Å². The number of nitrogens with one attached hydrogen (secondary N) is 1. The number of hydrogen-bond donors (Lipinski definition) is 2. The molecule has 1 aromatic heterocycles. The number of halogens is 2. The molecule has 2 heterocycles. The van der Waals surface area contributed by atoms with Crippen LogP contribution in [0.4, 0.5) is 10.1 Å². The number of carbonyl (C=O) groups is 1. The minimum atomic E-state index is -1.31. The van der Waals surface area contributed by atoms with E-state index < -0.39 is 17.2 Å². The molecule has 144 valence electrons. The molecule has 0 amide bonds. The minimum absolute atomic E-state index is 0.0660. The van der Waals surface area contributed by atoms with Gasteiger partial charge in [0, 0.05) is 43.5 Å². The number of aromatic nitrogens is 1. The van der Waals surface area contributed by atoms with Gasteiger partial charge in [0.15, 0.2) is 5.82 Å². The number of nitrogens with zero attached hydrogens (tertiary/aromatic N) is 2. The molecule has 0 radical (unpaired) electrons. The second-order valence-electron chi connectivity index (χ2n) is 7.44. The first kappa shape index (κ1) is 18.3. The van der Waals surface area contributed by atoms with E-state index in [1.54, 1.807) is 4.57 Å². The number of pyridine rings is 1. The van der Waals surface area contributed by atoms with Gasteiger partial charge in [-0.1, -0.05) is 11.6 Å². The predicted octanol–water partition coefficient (Wildman–Crippen LogP) is 2.93. The Labute approximate surface area is 160 Å². The number of aromatic carboxylic acids is 1. The number of fused-ring (bicyclic) bond motifs is 1. The van der Waals surface area contributed by atoms with Gasteiger partial charge in [0.25, 0.3) is 0 Å². The summed E-state index contributed by atoms with van der Waals surface area (Å²) in [5.41, 5.74) is -0.149. The monoisotopic (exact) mass is 393 g/mol. The van der Waals surface area contributed by atoms with Crippen LogP contribution < -0.4 is 15.6 Å². The lowest BCUT2D eigenvalue weighted by Crippen LogP contribution is -2.49. The number of hydrogen-bond acceptors (Lipinski definition) is 4. The van der Waals surface area contributed by atoms with E-state index >= 15 is 4.39 Å². The normalized spacial score (nSPS) is 20.3. The summed E-state index contributed by atoms with van der Waals surface area (Å²) in [4.78, 5) is 26.2. The molecule has 1 aliphatic carbocycles. The van der Waals surface area contributed by atoms with Crippen molar-refractivity contribution in [2.75, 3.05) is 24.5 Å². The second-order valence-corrected chi connectivity index (χ2v) is 7.82. The maximum atomic E-state index is 15.3. The molecule has 2 aliphatic rings. The van der Waals surface area contributed by atoms with E-state index in [0.29, 0.717) is 30.8 Å². The van der Waals surface area contributed by atoms with Gasteiger partial charge in [-0.15, -0.1) is 0 Å². The Bertz CT molecular complexity index is 1020. The average Bonchev–Trinajstić information content (AvgIpc) is 3.44. The number of aryl methyl sites for hydroxylation is 1. The molecule has 1 atom stereocenters. The maximum absolute atomic E-state index is 15.3. The van der Waals surface area contributed by atoms with Crippen LogP contribution in [0.15, 0.2) is 11.0 Å². The van der Waals surface area contributed by atoms with Crippen LogP contribution in [-0.2, 0) is 0 Å². The van der Waals surface area contributed by atoms with Crippen LogP contribution in [0.1, 0.15) is 41.7 Å². The summed E-state index contributed by atoms with van der Waals surface area (Å²) in [6.07, 6.45) is 3.12. The highest BCUT2D eigenvalue weighted by atomic mass is 35.5. The van der Waals surface area contributed by atoms with Gasteiger partial charge in [-0.25, -0.2) is 9.18 Å². The first-order chi connectivity index (χ1) is 12.8. The van der Waals surface area contributed by atoms with Gasteiger partial charge in [-0.05, 0) is 26.7 Å². The number of piperazine rings is 1. The smallest absolute Gasteiger partial charge is 0.341 e. The van der Waals surface area contributed by atoms with Gasteiger partial charge >= 0.3 is 5.97 Å². The molecule has 2 aromatic rings. The maximum Gasteiger partial charge on any atom is 0.341 e. The number of rotatable bonds is 3. The lowest BCUT2D eigenvalue weighted by atomic mass is 10.0. The minimum Gasteiger partial charge on any atom is -0.477 e. The van der Waals surface area contributed by atoms with Gasteiger partial charge in [-0.3, -0.25) is 4.79 Å². The Morgan fingerprint density at radius 3 is 2.70 bits per heavy atom. The van der Waals surface area contributed by atoms with Crippen molar-refractivity contribution < 1.29 is 14.3 Å². The molecular formula is C19H21ClFN3O3. The molecule has 1 saturated heterocycles. The summed E-state index contributed by atoms with van der Waals surface area (Å²) < 4.78 is 17.1. The first-order valence-electron chi connectivity index (χ1n) is 9.09. The van der Waals surface area contributed by atoms with Crippen molar-refractivity contribution in [1.82, 2.24) is 9.88 Å². The molecule has 1 aliphatic heterocycles. The van der Waals surface area contributed by atoms with E-state index in [4.69, 9.17) is 11.6 Å². The van der Waals surface area contributed by atoms with Crippen LogP contribution in [0.5, 0.6) is 0 Å². The van der Waals surface area contributed by atoms with Crippen molar-refractivity contribution in [2.24, 2.45) is 0 Å². The zero-order chi connectivity index (χ0) is 19.5. The van der Waals surface area contributed by atoms with Crippen LogP contribution in [0.25, 0.3) is 10.9 Å². The summed E-state index contributed by atoms with van der Waals surface area (Å²) in [6.45, 7) is 5.45. The molecule has 8 heteroatoms. The second kappa shape index (κ2) is 6.49.